The topological polar surface area (TPSA) is 43.8 Å². The summed E-state index contributed by atoms with van der Waals surface area (Å²) in [4.78, 5) is 0. The zero-order chi connectivity index (χ0) is 9.30. The molecule has 0 spiro atoms. The molecule has 0 amide bonds. The molecule has 0 saturated heterocycles. The molecule has 1 heterocycles. The van der Waals surface area contributed by atoms with E-state index in [2.05, 4.69) is 5.10 Å². The second kappa shape index (κ2) is 3.18. The Balaban J connectivity index is 3.00. The number of alkyl halides is 2. The maximum atomic E-state index is 12.1. The standard InChI is InChI=1S/C7H11F2N3/c1-4(10)6-3-5(7(8)9)11-12(6)2/h3-4,7H,10H2,1-2H3. The van der Waals surface area contributed by atoms with Crippen LogP contribution in [0.3, 0.4) is 0 Å². The molecular weight excluding hydrogens is 164 g/mol. The van der Waals surface area contributed by atoms with Gasteiger partial charge in [0, 0.05) is 13.1 Å². The van der Waals surface area contributed by atoms with Crippen molar-refractivity contribution < 1.29 is 8.78 Å². The van der Waals surface area contributed by atoms with Crippen LogP contribution in [0.25, 0.3) is 0 Å². The van der Waals surface area contributed by atoms with E-state index < -0.39 is 6.43 Å². The summed E-state index contributed by atoms with van der Waals surface area (Å²) in [6.07, 6.45) is -2.52. The zero-order valence-corrected chi connectivity index (χ0v) is 6.96. The molecule has 3 nitrogen and oxygen atoms in total. The smallest absolute Gasteiger partial charge is 0.282 e. The van der Waals surface area contributed by atoms with Gasteiger partial charge in [-0.05, 0) is 13.0 Å². The van der Waals surface area contributed by atoms with Crippen LogP contribution in [0.5, 0.6) is 0 Å². The Bertz CT molecular complexity index is 268. The number of aryl methyl sites for hydroxylation is 1. The van der Waals surface area contributed by atoms with E-state index in [0.717, 1.165) is 0 Å². The molecule has 0 bridgehead atoms. The van der Waals surface area contributed by atoms with Crippen LogP contribution in [0.1, 0.15) is 30.8 Å². The number of halogens is 2. The van der Waals surface area contributed by atoms with Gasteiger partial charge in [0.2, 0.25) is 0 Å². The van der Waals surface area contributed by atoms with Gasteiger partial charge in [-0.1, -0.05) is 0 Å². The van der Waals surface area contributed by atoms with Crippen molar-refractivity contribution in [3.8, 4) is 0 Å². The third-order valence-corrected chi connectivity index (χ3v) is 1.63. The highest BCUT2D eigenvalue weighted by Crippen LogP contribution is 2.19. The normalized spacial score (nSPS) is 13.8. The molecule has 2 N–H and O–H groups in total. The Morgan fingerprint density at radius 2 is 2.17 bits per heavy atom. The Morgan fingerprint density at radius 1 is 1.58 bits per heavy atom. The number of nitrogens with two attached hydrogens (primary N) is 1. The van der Waals surface area contributed by atoms with Crippen LogP contribution in [0.4, 0.5) is 8.78 Å². The first-order chi connectivity index (χ1) is 5.52. The summed E-state index contributed by atoms with van der Waals surface area (Å²) in [7, 11) is 1.60. The van der Waals surface area contributed by atoms with E-state index in [-0.39, 0.29) is 11.7 Å². The van der Waals surface area contributed by atoms with E-state index in [4.69, 9.17) is 5.73 Å². The maximum Gasteiger partial charge on any atom is 0.282 e. The molecule has 68 valence electrons. The first-order valence-electron chi connectivity index (χ1n) is 3.60. The summed E-state index contributed by atoms with van der Waals surface area (Å²) in [5.74, 6) is 0. The quantitative estimate of drug-likeness (QED) is 0.737. The van der Waals surface area contributed by atoms with Crippen LogP contribution < -0.4 is 5.73 Å². The Hall–Kier alpha value is -0.970. The third kappa shape index (κ3) is 1.61. The van der Waals surface area contributed by atoms with Gasteiger partial charge in [-0.15, -0.1) is 0 Å². The fourth-order valence-corrected chi connectivity index (χ4v) is 1.04. The zero-order valence-electron chi connectivity index (χ0n) is 6.96. The van der Waals surface area contributed by atoms with Gasteiger partial charge < -0.3 is 5.73 Å². The molecule has 5 heteroatoms. The van der Waals surface area contributed by atoms with Crippen molar-refractivity contribution in [1.82, 2.24) is 9.78 Å². The minimum atomic E-state index is -2.52. The van der Waals surface area contributed by atoms with Crippen LogP contribution in [0, 0.1) is 0 Å². The Kier molecular flexibility index (Phi) is 2.42. The number of nitrogens with zero attached hydrogens (tertiary/aromatic N) is 2. The predicted octanol–water partition coefficient (Wildman–Crippen LogP) is 1.38. The number of aromatic nitrogens is 2. The highest BCUT2D eigenvalue weighted by atomic mass is 19.3. The molecule has 12 heavy (non-hydrogen) atoms. The van der Waals surface area contributed by atoms with Crippen molar-refractivity contribution in [3.05, 3.63) is 17.5 Å². The summed E-state index contributed by atoms with van der Waals surface area (Å²) >= 11 is 0. The van der Waals surface area contributed by atoms with Crippen molar-refractivity contribution >= 4 is 0 Å². The minimum absolute atomic E-state index is 0.218. The van der Waals surface area contributed by atoms with Crippen LogP contribution in [0.2, 0.25) is 0 Å². The largest absolute Gasteiger partial charge is 0.323 e. The van der Waals surface area contributed by atoms with E-state index >= 15 is 0 Å². The highest BCUT2D eigenvalue weighted by Gasteiger charge is 2.15. The molecule has 0 aliphatic heterocycles. The summed E-state index contributed by atoms with van der Waals surface area (Å²) < 4.78 is 25.6. The van der Waals surface area contributed by atoms with Crippen LogP contribution in [-0.2, 0) is 7.05 Å². The molecule has 0 radical (unpaired) electrons. The van der Waals surface area contributed by atoms with Crippen molar-refractivity contribution in [3.63, 3.8) is 0 Å². The third-order valence-electron chi connectivity index (χ3n) is 1.63. The van der Waals surface area contributed by atoms with Crippen LogP contribution in [0.15, 0.2) is 6.07 Å². The van der Waals surface area contributed by atoms with E-state index in [0.29, 0.717) is 5.69 Å². The van der Waals surface area contributed by atoms with Crippen molar-refractivity contribution in [1.29, 1.82) is 0 Å². The average Bonchev–Trinajstić information content (AvgIpc) is 2.30. The first-order valence-corrected chi connectivity index (χ1v) is 3.60. The monoisotopic (exact) mass is 175 g/mol. The van der Waals surface area contributed by atoms with Gasteiger partial charge in [-0.25, -0.2) is 8.78 Å². The molecule has 0 saturated carbocycles. The van der Waals surface area contributed by atoms with Crippen molar-refractivity contribution in [2.45, 2.75) is 19.4 Å². The van der Waals surface area contributed by atoms with E-state index in [1.54, 1.807) is 14.0 Å². The molecule has 0 aliphatic carbocycles. The second-order valence-corrected chi connectivity index (χ2v) is 2.71. The molecular formula is C7H11F2N3. The van der Waals surface area contributed by atoms with Crippen molar-refractivity contribution in [2.24, 2.45) is 12.8 Å². The number of hydrogen-bond acceptors (Lipinski definition) is 2. The fraction of sp³-hybridized carbons (Fsp3) is 0.571. The molecule has 1 aromatic heterocycles. The van der Waals surface area contributed by atoms with Gasteiger partial charge in [-0.3, -0.25) is 4.68 Å². The number of rotatable bonds is 2. The van der Waals surface area contributed by atoms with Gasteiger partial charge in [0.25, 0.3) is 6.43 Å². The molecule has 1 unspecified atom stereocenters. The lowest BCUT2D eigenvalue weighted by Crippen LogP contribution is -2.10. The molecule has 1 aromatic rings. The van der Waals surface area contributed by atoms with Crippen LogP contribution in [-0.4, -0.2) is 9.78 Å². The van der Waals surface area contributed by atoms with Gasteiger partial charge in [-0.2, -0.15) is 5.10 Å². The van der Waals surface area contributed by atoms with E-state index in [1.807, 2.05) is 0 Å². The summed E-state index contributed by atoms with van der Waals surface area (Å²) in [5.41, 5.74) is 5.92. The van der Waals surface area contributed by atoms with Crippen molar-refractivity contribution in [2.75, 3.05) is 0 Å². The summed E-state index contributed by atoms with van der Waals surface area (Å²) in [6, 6.07) is 1.06. The van der Waals surface area contributed by atoms with E-state index in [1.165, 1.54) is 10.7 Å². The predicted molar refractivity (Wildman–Crippen MR) is 40.8 cm³/mol. The molecule has 1 atom stereocenters. The van der Waals surface area contributed by atoms with E-state index in [9.17, 15) is 8.78 Å². The molecule has 0 aromatic carbocycles. The fourth-order valence-electron chi connectivity index (χ4n) is 1.04. The maximum absolute atomic E-state index is 12.1. The SMILES string of the molecule is CC(N)c1cc(C(F)F)nn1C. The lowest BCUT2D eigenvalue weighted by atomic mass is 10.2. The first kappa shape index (κ1) is 9.12. The lowest BCUT2D eigenvalue weighted by Gasteiger charge is -2.03. The molecule has 0 fully saturated rings. The van der Waals surface area contributed by atoms with Gasteiger partial charge in [0.1, 0.15) is 5.69 Å². The molecule has 0 aliphatic rings. The Labute approximate surface area is 69.2 Å². The van der Waals surface area contributed by atoms with Gasteiger partial charge in [0.15, 0.2) is 0 Å². The summed E-state index contributed by atoms with van der Waals surface area (Å²) in [6.45, 7) is 1.73. The highest BCUT2D eigenvalue weighted by molar-refractivity contribution is 5.13. The lowest BCUT2D eigenvalue weighted by molar-refractivity contribution is 0.145. The summed E-state index contributed by atoms with van der Waals surface area (Å²) in [5, 5.41) is 3.62. The number of hydrogen-bond donors (Lipinski definition) is 1. The van der Waals surface area contributed by atoms with Crippen LogP contribution >= 0.6 is 0 Å². The molecule has 1 rings (SSSR count). The Morgan fingerprint density at radius 3 is 2.42 bits per heavy atom. The van der Waals surface area contributed by atoms with Gasteiger partial charge in [0.05, 0.1) is 5.69 Å². The minimum Gasteiger partial charge on any atom is -0.323 e. The average molecular weight is 175 g/mol. The second-order valence-electron chi connectivity index (χ2n) is 2.71. The van der Waals surface area contributed by atoms with Gasteiger partial charge >= 0.3 is 0 Å².